The van der Waals surface area contributed by atoms with Crippen molar-refractivity contribution in [1.29, 1.82) is 0 Å². The summed E-state index contributed by atoms with van der Waals surface area (Å²) in [5, 5.41) is 22.1. The maximum absolute atomic E-state index is 13.2. The Bertz CT molecular complexity index is 1060. The van der Waals surface area contributed by atoms with E-state index in [2.05, 4.69) is 5.32 Å². The van der Waals surface area contributed by atoms with E-state index in [1.54, 1.807) is 0 Å². The van der Waals surface area contributed by atoms with Gasteiger partial charge in [-0.15, -0.1) is 0 Å². The number of likely N-dealkylation sites (tertiary alicyclic amines) is 1. The molecular weight excluding hydrogens is 450 g/mol. The number of aliphatic hydroxyl groups excluding tert-OH is 1. The van der Waals surface area contributed by atoms with Gasteiger partial charge < -0.3 is 30.1 Å². The summed E-state index contributed by atoms with van der Waals surface area (Å²) in [7, 11) is 3.68. The second-order valence-electron chi connectivity index (χ2n) is 9.35. The van der Waals surface area contributed by atoms with Crippen molar-refractivity contribution < 1.29 is 29.3 Å². The second-order valence-corrected chi connectivity index (χ2v) is 9.35. The molecule has 4 rings (SSSR count). The zero-order valence-corrected chi connectivity index (χ0v) is 19.9. The number of carboxylic acids is 1. The molecule has 1 heterocycles. The maximum Gasteiger partial charge on any atom is 0.407 e. The van der Waals surface area contributed by atoms with Crippen LogP contribution in [0, 0.1) is 0 Å². The Kier molecular flexibility index (Phi) is 7.37. The molecular formula is C26H31N3O6. The van der Waals surface area contributed by atoms with E-state index in [0.717, 1.165) is 27.2 Å². The first kappa shape index (κ1) is 24.7. The monoisotopic (exact) mass is 481 g/mol. The number of ether oxygens (including phenoxy) is 1. The van der Waals surface area contributed by atoms with E-state index >= 15 is 0 Å². The number of nitrogens with zero attached hydrogens (tertiary/aromatic N) is 2. The number of rotatable bonds is 8. The van der Waals surface area contributed by atoms with Crippen molar-refractivity contribution in [3.05, 3.63) is 59.7 Å². The van der Waals surface area contributed by atoms with Crippen LogP contribution in [0.25, 0.3) is 11.1 Å². The number of β-amino-alcohol motifs (C(OH)–C–C–N with tert-alkyl or cyclic N) is 1. The van der Waals surface area contributed by atoms with Gasteiger partial charge in [0.25, 0.3) is 0 Å². The first-order valence-corrected chi connectivity index (χ1v) is 11.7. The molecule has 2 amide bonds. The van der Waals surface area contributed by atoms with Crippen LogP contribution in [0.5, 0.6) is 0 Å². The fourth-order valence-electron chi connectivity index (χ4n) is 4.92. The number of amides is 2. The Morgan fingerprint density at radius 1 is 1.09 bits per heavy atom. The van der Waals surface area contributed by atoms with Crippen LogP contribution >= 0.6 is 0 Å². The molecule has 3 N–H and O–H groups in total. The predicted octanol–water partition coefficient (Wildman–Crippen LogP) is 1.89. The molecule has 3 atom stereocenters. The minimum atomic E-state index is -1.18. The normalized spacial score (nSPS) is 19.8. The fraction of sp³-hybridized carbons (Fsp3) is 0.423. The Labute approximate surface area is 204 Å². The number of carboxylic acid groups (broad SMARTS) is 1. The van der Waals surface area contributed by atoms with E-state index < -0.39 is 36.2 Å². The zero-order valence-electron chi connectivity index (χ0n) is 19.9. The molecule has 1 unspecified atom stereocenters. The Morgan fingerprint density at radius 2 is 1.69 bits per heavy atom. The number of hydrogen-bond acceptors (Lipinski definition) is 6. The van der Waals surface area contributed by atoms with E-state index in [1.165, 1.54) is 0 Å². The molecule has 9 heteroatoms. The molecule has 2 aliphatic rings. The standard InChI is InChI=1S/C26H31N3O6/c1-28(2)12-11-22(24(31)29-14-16(30)13-23(29)25(32)33)27-26(34)35-15-21-19-9-5-3-7-17(19)18-8-4-6-10-20(18)21/h3-10,16,21-23,30H,11-15H2,1-2H3,(H,27,34)(H,32,33)/t16-,22?,23-/m0/s1. The van der Waals surface area contributed by atoms with Crippen LogP contribution in [0.4, 0.5) is 4.79 Å². The first-order valence-electron chi connectivity index (χ1n) is 11.7. The summed E-state index contributed by atoms with van der Waals surface area (Å²) < 4.78 is 5.59. The topological polar surface area (TPSA) is 119 Å². The number of aliphatic carboxylic acids is 1. The van der Waals surface area contributed by atoms with E-state index in [1.807, 2.05) is 67.5 Å². The highest BCUT2D eigenvalue weighted by Gasteiger charge is 2.41. The van der Waals surface area contributed by atoms with Crippen molar-refractivity contribution in [2.24, 2.45) is 0 Å². The van der Waals surface area contributed by atoms with Crippen molar-refractivity contribution in [3.8, 4) is 11.1 Å². The van der Waals surface area contributed by atoms with E-state index in [-0.39, 0.29) is 31.9 Å². The molecule has 0 bridgehead atoms. The summed E-state index contributed by atoms with van der Waals surface area (Å²) in [6.45, 7) is 0.517. The molecule has 1 aliphatic heterocycles. The van der Waals surface area contributed by atoms with Crippen LogP contribution in [-0.2, 0) is 14.3 Å². The quantitative estimate of drug-likeness (QED) is 0.527. The van der Waals surface area contributed by atoms with Gasteiger partial charge in [-0.25, -0.2) is 9.59 Å². The van der Waals surface area contributed by atoms with E-state index in [4.69, 9.17) is 4.74 Å². The van der Waals surface area contributed by atoms with E-state index in [0.29, 0.717) is 6.54 Å². The van der Waals surface area contributed by atoms with Crippen LogP contribution in [0.3, 0.4) is 0 Å². The van der Waals surface area contributed by atoms with Gasteiger partial charge in [-0.2, -0.15) is 0 Å². The van der Waals surface area contributed by atoms with Gasteiger partial charge in [-0.3, -0.25) is 4.79 Å². The zero-order chi connectivity index (χ0) is 25.1. The summed E-state index contributed by atoms with van der Waals surface area (Å²) in [6.07, 6.45) is -1.42. The third kappa shape index (κ3) is 5.31. The maximum atomic E-state index is 13.2. The Hall–Kier alpha value is -3.43. The summed E-state index contributed by atoms with van der Waals surface area (Å²) in [6, 6.07) is 13.9. The molecule has 35 heavy (non-hydrogen) atoms. The summed E-state index contributed by atoms with van der Waals surface area (Å²) in [4.78, 5) is 40.6. The molecule has 0 saturated carbocycles. The van der Waals surface area contributed by atoms with Crippen molar-refractivity contribution in [1.82, 2.24) is 15.1 Å². The van der Waals surface area contributed by atoms with Gasteiger partial charge in [0, 0.05) is 18.9 Å². The smallest absolute Gasteiger partial charge is 0.407 e. The molecule has 0 spiro atoms. The highest BCUT2D eigenvalue weighted by atomic mass is 16.5. The Morgan fingerprint density at radius 3 is 2.26 bits per heavy atom. The second kappa shape index (κ2) is 10.5. The highest BCUT2D eigenvalue weighted by molar-refractivity contribution is 5.90. The molecule has 1 saturated heterocycles. The molecule has 0 radical (unpaired) electrons. The molecule has 1 fully saturated rings. The molecule has 0 aromatic heterocycles. The third-order valence-corrected chi connectivity index (χ3v) is 6.65. The summed E-state index contributed by atoms with van der Waals surface area (Å²) in [5.41, 5.74) is 4.39. The van der Waals surface area contributed by atoms with Crippen LogP contribution in [0.1, 0.15) is 29.9 Å². The van der Waals surface area contributed by atoms with Crippen molar-refractivity contribution in [3.63, 3.8) is 0 Å². The van der Waals surface area contributed by atoms with Crippen LogP contribution in [-0.4, -0.2) is 90.0 Å². The minimum absolute atomic E-state index is 0.0353. The summed E-state index contributed by atoms with van der Waals surface area (Å²) in [5.74, 6) is -1.83. The average Bonchev–Trinajstić information content (AvgIpc) is 3.38. The lowest BCUT2D eigenvalue weighted by Crippen LogP contribution is -2.52. The molecule has 9 nitrogen and oxygen atoms in total. The van der Waals surface area contributed by atoms with Gasteiger partial charge in [0.15, 0.2) is 0 Å². The minimum Gasteiger partial charge on any atom is -0.480 e. The molecule has 1 aliphatic carbocycles. The van der Waals surface area contributed by atoms with Gasteiger partial charge in [0.05, 0.1) is 6.10 Å². The first-order chi connectivity index (χ1) is 16.8. The van der Waals surface area contributed by atoms with Crippen molar-refractivity contribution >= 4 is 18.0 Å². The molecule has 2 aromatic rings. The summed E-state index contributed by atoms with van der Waals surface area (Å²) >= 11 is 0. The number of hydrogen-bond donors (Lipinski definition) is 3. The van der Waals surface area contributed by atoms with E-state index in [9.17, 15) is 24.6 Å². The van der Waals surface area contributed by atoms with Gasteiger partial charge in [0.2, 0.25) is 5.91 Å². The number of fused-ring (bicyclic) bond motifs is 3. The lowest BCUT2D eigenvalue weighted by atomic mass is 9.98. The lowest BCUT2D eigenvalue weighted by Gasteiger charge is -2.28. The van der Waals surface area contributed by atoms with Crippen molar-refractivity contribution in [2.45, 2.75) is 36.9 Å². The van der Waals surface area contributed by atoms with Crippen LogP contribution in [0.2, 0.25) is 0 Å². The number of alkyl carbamates (subject to hydrolysis) is 1. The Balaban J connectivity index is 1.45. The number of nitrogens with one attached hydrogen (secondary N) is 1. The van der Waals surface area contributed by atoms with Gasteiger partial charge in [-0.05, 0) is 49.3 Å². The predicted molar refractivity (Wildman–Crippen MR) is 129 cm³/mol. The highest BCUT2D eigenvalue weighted by Crippen LogP contribution is 2.44. The van der Waals surface area contributed by atoms with Crippen molar-refractivity contribution in [2.75, 3.05) is 33.8 Å². The fourth-order valence-corrected chi connectivity index (χ4v) is 4.92. The average molecular weight is 482 g/mol. The largest absolute Gasteiger partial charge is 0.480 e. The SMILES string of the molecule is CN(C)CCC(NC(=O)OCC1c2ccccc2-c2ccccc21)C(=O)N1C[C@@H](O)C[C@H]1C(=O)O. The molecule has 2 aromatic carbocycles. The number of carbonyl (C=O) groups excluding carboxylic acids is 2. The third-order valence-electron chi connectivity index (χ3n) is 6.65. The van der Waals surface area contributed by atoms with Crippen LogP contribution < -0.4 is 5.32 Å². The molecule has 186 valence electrons. The number of benzene rings is 2. The van der Waals surface area contributed by atoms with Gasteiger partial charge in [-0.1, -0.05) is 48.5 Å². The number of carbonyl (C=O) groups is 3. The van der Waals surface area contributed by atoms with Gasteiger partial charge >= 0.3 is 12.1 Å². The van der Waals surface area contributed by atoms with Gasteiger partial charge in [0.1, 0.15) is 18.7 Å². The lowest BCUT2D eigenvalue weighted by molar-refractivity contribution is -0.149. The number of aliphatic hydroxyl groups is 1. The van der Waals surface area contributed by atoms with Crippen LogP contribution in [0.15, 0.2) is 48.5 Å².